The summed E-state index contributed by atoms with van der Waals surface area (Å²) in [4.78, 5) is 13.0. The third-order valence-corrected chi connectivity index (χ3v) is 6.45. The van der Waals surface area contributed by atoms with Crippen LogP contribution >= 0.6 is 11.6 Å². The van der Waals surface area contributed by atoms with Gasteiger partial charge in [-0.3, -0.25) is 4.79 Å². The summed E-state index contributed by atoms with van der Waals surface area (Å²) < 4.78 is 38.7. The fraction of sp³-hybridized carbons (Fsp3) is 0.174. The molecule has 0 heterocycles. The van der Waals surface area contributed by atoms with Gasteiger partial charge in [0.15, 0.2) is 0 Å². The van der Waals surface area contributed by atoms with Crippen molar-refractivity contribution in [3.05, 3.63) is 83.4 Å². The summed E-state index contributed by atoms with van der Waals surface area (Å²) in [5, 5.41) is 2.90. The van der Waals surface area contributed by atoms with Crippen molar-refractivity contribution in [2.24, 2.45) is 0 Å². The summed E-state index contributed by atoms with van der Waals surface area (Å²) in [6.07, 6.45) is 0.159. The molecule has 1 amide bonds. The SMILES string of the molecule is COc1ccc(NC(=O)[C@@H](Cc2ccccc2)NS(=O)(=O)c2ccc(OC)c(Cl)c2)cc1. The molecule has 0 spiro atoms. The molecule has 0 aromatic heterocycles. The van der Waals surface area contributed by atoms with Crippen molar-refractivity contribution in [2.45, 2.75) is 17.4 Å². The Morgan fingerprint density at radius 3 is 2.25 bits per heavy atom. The van der Waals surface area contributed by atoms with E-state index in [-0.39, 0.29) is 16.3 Å². The molecule has 3 aromatic carbocycles. The van der Waals surface area contributed by atoms with E-state index in [0.29, 0.717) is 17.2 Å². The average Bonchev–Trinajstić information content (AvgIpc) is 2.79. The molecule has 3 aromatic rings. The highest BCUT2D eigenvalue weighted by Crippen LogP contribution is 2.27. The second-order valence-electron chi connectivity index (χ2n) is 6.88. The van der Waals surface area contributed by atoms with Crippen molar-refractivity contribution < 1.29 is 22.7 Å². The quantitative estimate of drug-likeness (QED) is 0.490. The average molecular weight is 475 g/mol. The third-order valence-electron chi connectivity index (χ3n) is 4.69. The second-order valence-corrected chi connectivity index (χ2v) is 9.00. The number of anilines is 1. The first-order chi connectivity index (χ1) is 15.3. The number of rotatable bonds is 9. The lowest BCUT2D eigenvalue weighted by Gasteiger charge is -2.19. The van der Waals surface area contributed by atoms with Crippen molar-refractivity contribution in [1.29, 1.82) is 0 Å². The summed E-state index contributed by atoms with van der Waals surface area (Å²) >= 11 is 6.09. The van der Waals surface area contributed by atoms with E-state index in [4.69, 9.17) is 21.1 Å². The van der Waals surface area contributed by atoms with E-state index in [1.54, 1.807) is 31.4 Å². The number of carbonyl (C=O) groups is 1. The topological polar surface area (TPSA) is 93.7 Å². The van der Waals surface area contributed by atoms with Crippen LogP contribution in [0.1, 0.15) is 5.56 Å². The number of nitrogens with one attached hydrogen (secondary N) is 2. The lowest BCUT2D eigenvalue weighted by Crippen LogP contribution is -2.45. The number of hydrogen-bond acceptors (Lipinski definition) is 5. The van der Waals surface area contributed by atoms with E-state index in [2.05, 4.69) is 10.0 Å². The Kier molecular flexibility index (Phi) is 7.74. The molecule has 3 rings (SSSR count). The molecule has 168 valence electrons. The maximum absolute atomic E-state index is 13.0. The van der Waals surface area contributed by atoms with Gasteiger partial charge in [0.2, 0.25) is 15.9 Å². The molecule has 0 bridgehead atoms. The van der Waals surface area contributed by atoms with Crippen molar-refractivity contribution in [3.63, 3.8) is 0 Å². The van der Waals surface area contributed by atoms with Crippen LogP contribution in [0.5, 0.6) is 11.5 Å². The number of benzene rings is 3. The van der Waals surface area contributed by atoms with Gasteiger partial charge in [-0.15, -0.1) is 0 Å². The highest BCUT2D eigenvalue weighted by atomic mass is 35.5. The number of sulfonamides is 1. The van der Waals surface area contributed by atoms with E-state index < -0.39 is 22.0 Å². The van der Waals surface area contributed by atoms with E-state index in [1.165, 1.54) is 25.3 Å². The van der Waals surface area contributed by atoms with Crippen LogP contribution in [-0.4, -0.2) is 34.6 Å². The van der Waals surface area contributed by atoms with E-state index >= 15 is 0 Å². The molecule has 2 N–H and O–H groups in total. The van der Waals surface area contributed by atoms with Gasteiger partial charge in [0, 0.05) is 5.69 Å². The Labute approximate surface area is 192 Å². The lowest BCUT2D eigenvalue weighted by molar-refractivity contribution is -0.117. The predicted molar refractivity (Wildman–Crippen MR) is 124 cm³/mol. The smallest absolute Gasteiger partial charge is 0.242 e. The highest BCUT2D eigenvalue weighted by molar-refractivity contribution is 7.89. The largest absolute Gasteiger partial charge is 0.497 e. The number of halogens is 1. The monoisotopic (exact) mass is 474 g/mol. The van der Waals surface area contributed by atoms with Gasteiger partial charge in [-0.05, 0) is 54.4 Å². The molecule has 0 aliphatic rings. The molecule has 0 radical (unpaired) electrons. The van der Waals surface area contributed by atoms with E-state index in [0.717, 1.165) is 5.56 Å². The minimum atomic E-state index is -4.05. The van der Waals surface area contributed by atoms with Crippen molar-refractivity contribution in [3.8, 4) is 11.5 Å². The van der Waals surface area contributed by atoms with Gasteiger partial charge in [-0.25, -0.2) is 8.42 Å². The van der Waals surface area contributed by atoms with Gasteiger partial charge in [0.25, 0.3) is 0 Å². The Balaban J connectivity index is 1.86. The number of carbonyl (C=O) groups excluding carboxylic acids is 1. The van der Waals surface area contributed by atoms with Crippen LogP contribution in [0.2, 0.25) is 5.02 Å². The summed E-state index contributed by atoms with van der Waals surface area (Å²) in [5.41, 5.74) is 1.32. The molecule has 0 saturated heterocycles. The zero-order chi connectivity index (χ0) is 23.1. The van der Waals surface area contributed by atoms with Crippen LogP contribution in [-0.2, 0) is 21.2 Å². The molecule has 9 heteroatoms. The zero-order valence-corrected chi connectivity index (χ0v) is 19.1. The van der Waals surface area contributed by atoms with E-state index in [1.807, 2.05) is 30.3 Å². The maximum atomic E-state index is 13.0. The number of ether oxygens (including phenoxy) is 2. The van der Waals surface area contributed by atoms with Gasteiger partial charge >= 0.3 is 0 Å². The van der Waals surface area contributed by atoms with Crippen molar-refractivity contribution in [1.82, 2.24) is 4.72 Å². The molecule has 1 atom stereocenters. The third kappa shape index (κ3) is 6.00. The fourth-order valence-corrected chi connectivity index (χ4v) is 4.55. The van der Waals surface area contributed by atoms with Gasteiger partial charge in [0.1, 0.15) is 17.5 Å². The molecular weight excluding hydrogens is 452 g/mol. The van der Waals surface area contributed by atoms with Crippen LogP contribution in [0, 0.1) is 0 Å². The molecule has 0 aliphatic heterocycles. The molecule has 0 unspecified atom stereocenters. The molecule has 32 heavy (non-hydrogen) atoms. The summed E-state index contributed by atoms with van der Waals surface area (Å²) in [5.74, 6) is 0.492. The normalized spacial score (nSPS) is 12.1. The minimum absolute atomic E-state index is 0.0707. The van der Waals surface area contributed by atoms with Crippen LogP contribution in [0.25, 0.3) is 0 Å². The van der Waals surface area contributed by atoms with Crippen LogP contribution in [0.4, 0.5) is 5.69 Å². The fourth-order valence-electron chi connectivity index (χ4n) is 3.01. The Morgan fingerprint density at radius 2 is 1.66 bits per heavy atom. The highest BCUT2D eigenvalue weighted by Gasteiger charge is 2.27. The second kappa shape index (κ2) is 10.5. The Hall–Kier alpha value is -3.07. The zero-order valence-electron chi connectivity index (χ0n) is 17.5. The van der Waals surface area contributed by atoms with Crippen LogP contribution < -0.4 is 19.5 Å². The minimum Gasteiger partial charge on any atom is -0.497 e. The first-order valence-corrected chi connectivity index (χ1v) is 11.5. The van der Waals surface area contributed by atoms with Crippen LogP contribution in [0.3, 0.4) is 0 Å². The van der Waals surface area contributed by atoms with Gasteiger partial charge < -0.3 is 14.8 Å². The molecule has 0 fully saturated rings. The Morgan fingerprint density at radius 1 is 0.969 bits per heavy atom. The molecule has 0 aliphatic carbocycles. The van der Waals surface area contributed by atoms with E-state index in [9.17, 15) is 13.2 Å². The summed E-state index contributed by atoms with van der Waals surface area (Å²) in [6.45, 7) is 0. The number of amides is 1. The van der Waals surface area contributed by atoms with Crippen LogP contribution in [0.15, 0.2) is 77.7 Å². The maximum Gasteiger partial charge on any atom is 0.242 e. The Bertz CT molecular complexity index is 1170. The number of hydrogen-bond donors (Lipinski definition) is 2. The molecule has 0 saturated carbocycles. The number of methoxy groups -OCH3 is 2. The first kappa shape index (κ1) is 23.6. The standard InChI is InChI=1S/C23H23ClN2O5S/c1-30-18-10-8-17(9-11-18)25-23(27)21(14-16-6-4-3-5-7-16)26-32(28,29)19-12-13-22(31-2)20(24)15-19/h3-13,15,21,26H,14H2,1-2H3,(H,25,27)/t21-/m1/s1. The molecule has 7 nitrogen and oxygen atoms in total. The predicted octanol–water partition coefficient (Wildman–Crippen LogP) is 3.89. The van der Waals surface area contributed by atoms with Gasteiger partial charge in [-0.2, -0.15) is 4.72 Å². The lowest BCUT2D eigenvalue weighted by atomic mass is 10.1. The van der Waals surface area contributed by atoms with Crippen molar-refractivity contribution >= 4 is 33.2 Å². The van der Waals surface area contributed by atoms with Crippen molar-refractivity contribution in [2.75, 3.05) is 19.5 Å². The summed E-state index contributed by atoms with van der Waals surface area (Å²) in [6, 6.07) is 18.9. The van der Waals surface area contributed by atoms with Gasteiger partial charge in [-0.1, -0.05) is 41.9 Å². The first-order valence-electron chi connectivity index (χ1n) is 9.67. The molecular formula is C23H23ClN2O5S. The summed E-state index contributed by atoms with van der Waals surface area (Å²) in [7, 11) is -1.06. The van der Waals surface area contributed by atoms with Gasteiger partial charge in [0.05, 0.1) is 24.1 Å².